The highest BCUT2D eigenvalue weighted by molar-refractivity contribution is 5.74. The Morgan fingerprint density at radius 1 is 1.13 bits per heavy atom. The van der Waals surface area contributed by atoms with Crippen LogP contribution in [0.1, 0.15) is 5.56 Å². The minimum absolute atomic E-state index is 0.0318. The number of nitrogens with zero attached hydrogens (tertiary/aromatic N) is 1. The quantitative estimate of drug-likeness (QED) is 0.352. The van der Waals surface area contributed by atoms with Crippen LogP contribution in [0, 0.1) is 17.0 Å². The Morgan fingerprint density at radius 3 is 2.35 bits per heavy atom. The fraction of sp³-hybridized carbons (Fsp3) is 0.188. The maximum Gasteiger partial charge on any atom is 0.349 e. The second-order valence-electron chi connectivity index (χ2n) is 4.65. The molecule has 0 saturated carbocycles. The zero-order valence-corrected chi connectivity index (χ0v) is 12.6. The number of benzene rings is 2. The molecule has 0 amide bonds. The minimum atomic E-state index is -0.576. The van der Waals surface area contributed by atoms with E-state index in [-0.39, 0.29) is 12.3 Å². The van der Waals surface area contributed by atoms with E-state index in [1.54, 1.807) is 38.3 Å². The summed E-state index contributed by atoms with van der Waals surface area (Å²) < 4.78 is 15.4. The maximum atomic E-state index is 11.7. The van der Waals surface area contributed by atoms with Crippen molar-refractivity contribution in [1.82, 2.24) is 0 Å². The van der Waals surface area contributed by atoms with Crippen LogP contribution in [0.4, 0.5) is 5.69 Å². The molecule has 0 N–H and O–H groups in total. The fourth-order valence-corrected chi connectivity index (χ4v) is 1.85. The Hall–Kier alpha value is -3.09. The van der Waals surface area contributed by atoms with Gasteiger partial charge in [-0.2, -0.15) is 0 Å². The van der Waals surface area contributed by atoms with Gasteiger partial charge in [-0.3, -0.25) is 10.1 Å². The number of non-ortho nitro benzene ring substituents is 1. The van der Waals surface area contributed by atoms with Crippen LogP contribution in [0.5, 0.6) is 17.2 Å². The molecule has 2 rings (SSSR count). The highest BCUT2D eigenvalue weighted by Gasteiger charge is 2.11. The van der Waals surface area contributed by atoms with E-state index >= 15 is 0 Å². The van der Waals surface area contributed by atoms with E-state index in [9.17, 15) is 14.9 Å². The smallest absolute Gasteiger partial charge is 0.349 e. The summed E-state index contributed by atoms with van der Waals surface area (Å²) in [6.45, 7) is 1.36. The summed E-state index contributed by atoms with van der Waals surface area (Å²) in [5.41, 5.74) is 0.534. The number of esters is 1. The second-order valence-corrected chi connectivity index (χ2v) is 4.65. The van der Waals surface area contributed by atoms with Gasteiger partial charge in [0, 0.05) is 12.1 Å². The van der Waals surface area contributed by atoms with Crippen LogP contribution >= 0.6 is 0 Å². The first-order valence-corrected chi connectivity index (χ1v) is 6.72. The average Bonchev–Trinajstić information content (AvgIpc) is 2.54. The molecule has 2 aromatic rings. The number of carbonyl (C=O) groups excluding carboxylic acids is 1. The van der Waals surface area contributed by atoms with Gasteiger partial charge in [0.2, 0.25) is 0 Å². The first kappa shape index (κ1) is 16.3. The number of hydrogen-bond acceptors (Lipinski definition) is 6. The van der Waals surface area contributed by atoms with Crippen molar-refractivity contribution in [2.24, 2.45) is 0 Å². The van der Waals surface area contributed by atoms with Gasteiger partial charge in [-0.25, -0.2) is 4.79 Å². The predicted molar refractivity (Wildman–Crippen MR) is 82.0 cm³/mol. The molecular weight excluding hydrogens is 302 g/mol. The lowest BCUT2D eigenvalue weighted by Gasteiger charge is -2.09. The van der Waals surface area contributed by atoms with E-state index in [0.29, 0.717) is 22.8 Å². The van der Waals surface area contributed by atoms with Gasteiger partial charge in [0.15, 0.2) is 6.61 Å². The zero-order valence-electron chi connectivity index (χ0n) is 12.6. The molecule has 23 heavy (non-hydrogen) atoms. The summed E-state index contributed by atoms with van der Waals surface area (Å²) in [5.74, 6) is 0.845. The molecule has 0 saturated heterocycles. The van der Waals surface area contributed by atoms with Crippen LogP contribution in [0.3, 0.4) is 0 Å². The molecule has 2 aromatic carbocycles. The van der Waals surface area contributed by atoms with Crippen LogP contribution in [0.25, 0.3) is 0 Å². The largest absolute Gasteiger partial charge is 0.497 e. The molecule has 120 valence electrons. The van der Waals surface area contributed by atoms with E-state index in [4.69, 9.17) is 14.2 Å². The maximum absolute atomic E-state index is 11.7. The third kappa shape index (κ3) is 4.44. The lowest BCUT2D eigenvalue weighted by molar-refractivity contribution is -0.384. The monoisotopic (exact) mass is 317 g/mol. The Balaban J connectivity index is 1.92. The van der Waals surface area contributed by atoms with Gasteiger partial charge < -0.3 is 14.2 Å². The Labute approximate surface area is 132 Å². The minimum Gasteiger partial charge on any atom is -0.497 e. The van der Waals surface area contributed by atoms with Gasteiger partial charge in [0.05, 0.1) is 12.0 Å². The molecule has 0 bridgehead atoms. The molecule has 7 nitrogen and oxygen atoms in total. The van der Waals surface area contributed by atoms with E-state index < -0.39 is 10.9 Å². The van der Waals surface area contributed by atoms with Crippen LogP contribution in [0.2, 0.25) is 0 Å². The Bertz CT molecular complexity index is 711. The van der Waals surface area contributed by atoms with Crippen molar-refractivity contribution >= 4 is 11.7 Å². The van der Waals surface area contributed by atoms with Crippen LogP contribution in [-0.2, 0) is 4.79 Å². The zero-order chi connectivity index (χ0) is 16.8. The molecule has 0 aliphatic rings. The van der Waals surface area contributed by atoms with Gasteiger partial charge in [0.1, 0.15) is 17.2 Å². The van der Waals surface area contributed by atoms with Crippen molar-refractivity contribution in [1.29, 1.82) is 0 Å². The summed E-state index contributed by atoms with van der Waals surface area (Å²) in [5, 5.41) is 10.7. The lowest BCUT2D eigenvalue weighted by Crippen LogP contribution is -2.18. The highest BCUT2D eigenvalue weighted by atomic mass is 16.6. The lowest BCUT2D eigenvalue weighted by atomic mass is 10.2. The van der Waals surface area contributed by atoms with Crippen molar-refractivity contribution in [3.63, 3.8) is 0 Å². The van der Waals surface area contributed by atoms with Crippen molar-refractivity contribution in [2.45, 2.75) is 6.92 Å². The van der Waals surface area contributed by atoms with Crippen molar-refractivity contribution in [2.75, 3.05) is 13.7 Å². The number of nitro benzene ring substituents is 1. The normalized spacial score (nSPS) is 10.0. The van der Waals surface area contributed by atoms with Crippen molar-refractivity contribution in [3.05, 3.63) is 58.1 Å². The van der Waals surface area contributed by atoms with Crippen molar-refractivity contribution in [3.8, 4) is 17.2 Å². The van der Waals surface area contributed by atoms with Gasteiger partial charge >= 0.3 is 5.97 Å². The molecule has 0 heterocycles. The molecule has 0 spiro atoms. The fourth-order valence-electron chi connectivity index (χ4n) is 1.85. The molecule has 0 radical (unpaired) electrons. The van der Waals surface area contributed by atoms with Crippen LogP contribution in [0.15, 0.2) is 42.5 Å². The summed E-state index contributed by atoms with van der Waals surface area (Å²) in [7, 11) is 1.54. The van der Waals surface area contributed by atoms with Crippen molar-refractivity contribution < 1.29 is 23.9 Å². The molecule has 0 aromatic heterocycles. The van der Waals surface area contributed by atoms with Crippen LogP contribution in [-0.4, -0.2) is 24.6 Å². The third-order valence-electron chi connectivity index (χ3n) is 3.01. The SMILES string of the molecule is COc1ccc(OC(=O)COc2ccc([N+](=O)[O-])cc2C)cc1. The number of carbonyl (C=O) groups is 1. The van der Waals surface area contributed by atoms with E-state index in [2.05, 4.69) is 0 Å². The first-order chi connectivity index (χ1) is 11.0. The summed E-state index contributed by atoms with van der Waals surface area (Å²) in [4.78, 5) is 21.9. The number of nitro groups is 1. The molecule has 0 atom stereocenters. The van der Waals surface area contributed by atoms with E-state index in [1.807, 2.05) is 0 Å². The summed E-state index contributed by atoms with van der Waals surface area (Å²) in [6, 6.07) is 10.7. The number of rotatable bonds is 6. The highest BCUT2D eigenvalue weighted by Crippen LogP contribution is 2.23. The Morgan fingerprint density at radius 2 is 1.78 bits per heavy atom. The van der Waals surface area contributed by atoms with Gasteiger partial charge in [-0.05, 0) is 42.8 Å². The van der Waals surface area contributed by atoms with Gasteiger partial charge in [0.25, 0.3) is 5.69 Å². The van der Waals surface area contributed by atoms with E-state index in [0.717, 1.165) is 0 Å². The second kappa shape index (κ2) is 7.26. The molecule has 0 fully saturated rings. The van der Waals surface area contributed by atoms with Gasteiger partial charge in [-0.15, -0.1) is 0 Å². The number of ether oxygens (including phenoxy) is 3. The molecule has 0 aliphatic carbocycles. The Kier molecular flexibility index (Phi) is 5.14. The topological polar surface area (TPSA) is 87.9 Å². The number of aryl methyl sites for hydroxylation is 1. The average molecular weight is 317 g/mol. The standard InChI is InChI=1S/C16H15NO6/c1-11-9-12(17(19)20)3-8-15(11)22-10-16(18)23-14-6-4-13(21-2)5-7-14/h3-9H,10H2,1-2H3. The summed E-state index contributed by atoms with van der Waals surface area (Å²) in [6.07, 6.45) is 0. The molecule has 0 unspecified atom stereocenters. The van der Waals surface area contributed by atoms with Crippen LogP contribution < -0.4 is 14.2 Å². The summed E-state index contributed by atoms with van der Waals surface area (Å²) >= 11 is 0. The number of hydrogen-bond donors (Lipinski definition) is 0. The molecule has 0 aliphatic heterocycles. The van der Waals surface area contributed by atoms with Gasteiger partial charge in [-0.1, -0.05) is 0 Å². The molecular formula is C16H15NO6. The molecule has 7 heteroatoms. The third-order valence-corrected chi connectivity index (χ3v) is 3.01. The van der Waals surface area contributed by atoms with E-state index in [1.165, 1.54) is 18.2 Å². The number of methoxy groups -OCH3 is 1. The predicted octanol–water partition coefficient (Wildman–Crippen LogP) is 2.90. The first-order valence-electron chi connectivity index (χ1n) is 6.72.